The maximum absolute atomic E-state index is 5.23. The predicted molar refractivity (Wildman–Crippen MR) is 39.8 cm³/mol. The molecule has 64 valence electrons. The highest BCUT2D eigenvalue weighted by Crippen LogP contribution is 1.18. The van der Waals surface area contributed by atoms with Crippen LogP contribution in [-0.2, 0) is 0 Å². The standard InChI is InChI=1S/C3H12N8/c4-2(10-6)8-1-9-3(5)11-7/h1,6-7H2,(H3,4,8,10)(H3,5,9,11)/p+2. The van der Waals surface area contributed by atoms with Crippen LogP contribution in [0.25, 0.3) is 0 Å². The highest BCUT2D eigenvalue weighted by molar-refractivity contribution is 5.71. The summed E-state index contributed by atoms with van der Waals surface area (Å²) in [4.78, 5) is 5.30. The third kappa shape index (κ3) is 4.93. The summed E-state index contributed by atoms with van der Waals surface area (Å²) < 4.78 is 0. The van der Waals surface area contributed by atoms with Crippen molar-refractivity contribution < 1.29 is 9.98 Å². The van der Waals surface area contributed by atoms with Crippen molar-refractivity contribution in [2.45, 2.75) is 0 Å². The molecule has 0 radical (unpaired) electrons. The second-order valence-electron chi connectivity index (χ2n) is 1.65. The molecule has 0 aliphatic carbocycles. The van der Waals surface area contributed by atoms with Gasteiger partial charge in [-0.2, -0.15) is 11.7 Å². The van der Waals surface area contributed by atoms with Gasteiger partial charge in [0.1, 0.15) is 0 Å². The normalized spacial score (nSPS) is 12.9. The van der Waals surface area contributed by atoms with E-state index in [1.165, 1.54) is 0 Å². The number of hydrogen-bond acceptors (Lipinski definition) is 2. The molecular formula is C3H14N8+2. The first-order chi connectivity index (χ1) is 5.20. The van der Waals surface area contributed by atoms with Crippen LogP contribution in [0.2, 0.25) is 0 Å². The second-order valence-corrected chi connectivity index (χ2v) is 1.65. The Morgan fingerprint density at radius 1 is 1.00 bits per heavy atom. The van der Waals surface area contributed by atoms with Gasteiger partial charge in [-0.1, -0.05) is 0 Å². The molecule has 0 unspecified atom stereocenters. The minimum atomic E-state index is 0.238. The van der Waals surface area contributed by atoms with Gasteiger partial charge in [0.25, 0.3) is 0 Å². The number of nitrogens with two attached hydrogens (primary N) is 4. The summed E-state index contributed by atoms with van der Waals surface area (Å²) in [5.41, 5.74) is 14.9. The summed E-state index contributed by atoms with van der Waals surface area (Å²) >= 11 is 0. The van der Waals surface area contributed by atoms with E-state index in [-0.39, 0.29) is 11.9 Å². The number of hydrogen-bond donors (Lipinski definition) is 8. The predicted octanol–water partition coefficient (Wildman–Crippen LogP) is -7.34. The molecule has 0 saturated carbocycles. The molecule has 0 atom stereocenters. The Balaban J connectivity index is 3.71. The summed E-state index contributed by atoms with van der Waals surface area (Å²) in [5, 5.41) is 0. The minimum Gasteiger partial charge on any atom is -0.289 e. The van der Waals surface area contributed by atoms with Crippen LogP contribution in [0, 0.1) is 0 Å². The molecule has 0 amide bonds. The summed E-state index contributed by atoms with van der Waals surface area (Å²) in [6.45, 7) is 0.325. The molecule has 0 aromatic heterocycles. The Hall–Kier alpha value is -1.54. The maximum Gasteiger partial charge on any atom is 0.360 e. The highest BCUT2D eigenvalue weighted by atomic mass is 15.3. The second kappa shape index (κ2) is 5.26. The first-order valence-corrected chi connectivity index (χ1v) is 2.86. The molecule has 8 heteroatoms. The minimum absolute atomic E-state index is 0.238. The zero-order valence-corrected chi connectivity index (χ0v) is 6.02. The van der Waals surface area contributed by atoms with E-state index in [9.17, 15) is 0 Å². The van der Waals surface area contributed by atoms with E-state index >= 15 is 0 Å². The summed E-state index contributed by atoms with van der Waals surface area (Å²) in [6, 6.07) is 0. The van der Waals surface area contributed by atoms with Crippen molar-refractivity contribution in [1.29, 1.82) is 0 Å². The van der Waals surface area contributed by atoms with Gasteiger partial charge in [0.05, 0.1) is 0 Å². The van der Waals surface area contributed by atoms with Crippen LogP contribution in [-0.4, -0.2) is 18.6 Å². The Kier molecular flexibility index (Phi) is 4.52. The van der Waals surface area contributed by atoms with Gasteiger partial charge in [0, 0.05) is 0 Å². The maximum atomic E-state index is 5.23. The number of hydrazine groups is 2. The molecule has 0 saturated heterocycles. The highest BCUT2D eigenvalue weighted by Gasteiger charge is 1.92. The van der Waals surface area contributed by atoms with E-state index in [1.807, 2.05) is 0 Å². The largest absolute Gasteiger partial charge is 0.360 e. The molecule has 11 heavy (non-hydrogen) atoms. The van der Waals surface area contributed by atoms with Crippen LogP contribution in [0.3, 0.4) is 0 Å². The van der Waals surface area contributed by atoms with Crippen LogP contribution in [0.15, 0.2) is 0 Å². The average molecular weight is 162 g/mol. The van der Waals surface area contributed by atoms with Gasteiger partial charge >= 0.3 is 11.9 Å². The zero-order valence-electron chi connectivity index (χ0n) is 6.02. The Morgan fingerprint density at radius 3 is 1.64 bits per heavy atom. The Bertz CT molecular complexity index is 141. The van der Waals surface area contributed by atoms with E-state index in [0.29, 0.717) is 6.67 Å². The molecule has 0 spiro atoms. The number of nitrogens with one attached hydrogen (secondary N) is 4. The van der Waals surface area contributed by atoms with Crippen LogP contribution in [0.4, 0.5) is 0 Å². The average Bonchev–Trinajstić information content (AvgIpc) is 2.04. The lowest BCUT2D eigenvalue weighted by atomic mass is 10.9. The summed E-state index contributed by atoms with van der Waals surface area (Å²) in [5.74, 6) is 10.4. The molecule has 0 aromatic carbocycles. The molecule has 12 N–H and O–H groups in total. The first kappa shape index (κ1) is 9.46. The molecule has 0 bridgehead atoms. The van der Waals surface area contributed by atoms with E-state index < -0.39 is 0 Å². The van der Waals surface area contributed by atoms with Crippen molar-refractivity contribution in [2.75, 3.05) is 6.67 Å². The molecule has 0 aliphatic heterocycles. The fourth-order valence-electron chi connectivity index (χ4n) is 0.337. The van der Waals surface area contributed by atoms with Crippen LogP contribution in [0.5, 0.6) is 0 Å². The molecular weight excluding hydrogens is 148 g/mol. The summed E-state index contributed by atoms with van der Waals surface area (Å²) in [6.07, 6.45) is 0. The van der Waals surface area contributed by atoms with Crippen molar-refractivity contribution >= 4 is 11.9 Å². The summed E-state index contributed by atoms with van der Waals surface area (Å²) in [7, 11) is 0. The van der Waals surface area contributed by atoms with E-state index in [2.05, 4.69) is 20.8 Å². The molecule has 8 nitrogen and oxygen atoms in total. The number of rotatable bonds is 2. The van der Waals surface area contributed by atoms with Crippen LogP contribution >= 0.6 is 0 Å². The molecule has 0 heterocycles. The Morgan fingerprint density at radius 2 is 1.36 bits per heavy atom. The van der Waals surface area contributed by atoms with Crippen molar-refractivity contribution in [3.63, 3.8) is 0 Å². The fourth-order valence-corrected chi connectivity index (χ4v) is 0.337. The van der Waals surface area contributed by atoms with E-state index in [4.69, 9.17) is 23.2 Å². The third-order valence-corrected chi connectivity index (χ3v) is 0.869. The van der Waals surface area contributed by atoms with Crippen molar-refractivity contribution in [1.82, 2.24) is 10.9 Å². The van der Waals surface area contributed by atoms with Crippen molar-refractivity contribution in [3.8, 4) is 0 Å². The molecule has 0 aromatic rings. The van der Waals surface area contributed by atoms with Gasteiger partial charge in [-0.25, -0.2) is 20.8 Å². The first-order valence-electron chi connectivity index (χ1n) is 2.86. The lowest BCUT2D eigenvalue weighted by Crippen LogP contribution is -2.98. The van der Waals surface area contributed by atoms with Crippen molar-refractivity contribution in [3.05, 3.63) is 0 Å². The van der Waals surface area contributed by atoms with E-state index in [1.54, 1.807) is 0 Å². The van der Waals surface area contributed by atoms with Gasteiger partial charge in [-0.15, -0.1) is 0 Å². The van der Waals surface area contributed by atoms with Gasteiger partial charge in [-0.3, -0.25) is 11.5 Å². The van der Waals surface area contributed by atoms with Gasteiger partial charge < -0.3 is 0 Å². The third-order valence-electron chi connectivity index (χ3n) is 0.869. The molecule has 0 rings (SSSR count). The lowest BCUT2D eigenvalue weighted by molar-refractivity contribution is -0.682. The number of guanidine groups is 2. The van der Waals surface area contributed by atoms with Gasteiger partial charge in [-0.05, 0) is 0 Å². The zero-order chi connectivity index (χ0) is 8.69. The smallest absolute Gasteiger partial charge is 0.289 e. The lowest BCUT2D eigenvalue weighted by Gasteiger charge is -1.90. The van der Waals surface area contributed by atoms with E-state index in [0.717, 1.165) is 0 Å². The van der Waals surface area contributed by atoms with Crippen molar-refractivity contribution in [2.24, 2.45) is 23.2 Å². The van der Waals surface area contributed by atoms with Crippen LogP contribution < -0.4 is 44.0 Å². The SMILES string of the molecule is NN/C(N)=[NH+]/C/[NH+]=C(\N)NN. The topological polar surface area (TPSA) is 156 Å². The quantitative estimate of drug-likeness (QED) is 0.0662. The monoisotopic (exact) mass is 162 g/mol. The van der Waals surface area contributed by atoms with Crippen LogP contribution in [0.1, 0.15) is 0 Å². The molecule has 0 fully saturated rings. The Labute approximate surface area is 63.7 Å². The fraction of sp³-hybridized carbons (Fsp3) is 0.333. The molecule has 0 aliphatic rings. The van der Waals surface area contributed by atoms with Gasteiger partial charge in [0.2, 0.25) is 0 Å². The van der Waals surface area contributed by atoms with Gasteiger partial charge in [0.15, 0.2) is 6.67 Å².